The molecule has 11 aromatic rings. The highest BCUT2D eigenvalue weighted by atomic mass is 15.1. The monoisotopic (exact) mass is 750 g/mol. The second-order valence-electron chi connectivity index (χ2n) is 15.6. The van der Waals surface area contributed by atoms with Gasteiger partial charge in [0.1, 0.15) is 0 Å². The van der Waals surface area contributed by atoms with E-state index in [0.29, 0.717) is 0 Å². The first-order valence-electron chi connectivity index (χ1n) is 20.4. The number of rotatable bonds is 6. The Morgan fingerprint density at radius 2 is 0.847 bits per heavy atom. The third-order valence-electron chi connectivity index (χ3n) is 12.6. The molecule has 0 saturated heterocycles. The van der Waals surface area contributed by atoms with E-state index < -0.39 is 5.41 Å². The van der Waals surface area contributed by atoms with Crippen LogP contribution in [-0.4, -0.2) is 4.57 Å². The summed E-state index contributed by atoms with van der Waals surface area (Å²) in [6.07, 6.45) is 0. The van der Waals surface area contributed by atoms with Crippen molar-refractivity contribution in [1.29, 1.82) is 0 Å². The molecule has 1 aromatic heterocycles. The Balaban J connectivity index is 1.15. The van der Waals surface area contributed by atoms with Gasteiger partial charge in [-0.2, -0.15) is 0 Å². The van der Waals surface area contributed by atoms with Crippen LogP contribution in [0.3, 0.4) is 0 Å². The smallest absolute Gasteiger partial charge is 0.0714 e. The van der Waals surface area contributed by atoms with E-state index in [2.05, 4.69) is 240 Å². The SMILES string of the molecule is c1ccc(C2(c3cccc(N(c4cccc(-n5c6ccccc6c6ccccc65)c4)c4cc5ccccc5c5ccccc45)c3)c3ccccc3-c3ccccc32)cc1. The lowest BCUT2D eigenvalue weighted by atomic mass is 9.67. The number of benzene rings is 10. The molecule has 0 bridgehead atoms. The zero-order valence-electron chi connectivity index (χ0n) is 32.3. The standard InChI is InChI=1S/C57H38N2/c1-2-19-40(20-3-1)57(52-32-12-8-27-47(52)48-28-9-13-33-53(48)57)41-21-16-22-42(37-41)58(56-36-39-18-4-5-25-45(39)46-26-6-7-29-49(46)56)43-23-17-24-44(38-43)59-54-34-14-10-30-50(54)51-31-11-15-35-55(51)59/h1-38H. The zero-order valence-corrected chi connectivity index (χ0v) is 32.3. The number of fused-ring (bicyclic) bond motifs is 9. The molecule has 1 heterocycles. The van der Waals surface area contributed by atoms with Crippen molar-refractivity contribution in [2.24, 2.45) is 0 Å². The summed E-state index contributed by atoms with van der Waals surface area (Å²) in [4.78, 5) is 2.49. The van der Waals surface area contributed by atoms with E-state index in [4.69, 9.17) is 0 Å². The Hall–Kier alpha value is -7.68. The van der Waals surface area contributed by atoms with E-state index >= 15 is 0 Å². The highest BCUT2D eigenvalue weighted by Gasteiger charge is 2.46. The Morgan fingerprint density at radius 3 is 1.54 bits per heavy atom. The predicted molar refractivity (Wildman–Crippen MR) is 248 cm³/mol. The lowest BCUT2D eigenvalue weighted by Gasteiger charge is -2.35. The number of nitrogens with zero attached hydrogens (tertiary/aromatic N) is 2. The number of hydrogen-bond donors (Lipinski definition) is 0. The average molecular weight is 751 g/mol. The molecule has 10 aromatic carbocycles. The van der Waals surface area contributed by atoms with Gasteiger partial charge in [-0.15, -0.1) is 0 Å². The van der Waals surface area contributed by atoms with Gasteiger partial charge in [0.25, 0.3) is 0 Å². The molecular formula is C57H38N2. The molecule has 0 spiro atoms. The van der Waals surface area contributed by atoms with Crippen LogP contribution in [0.25, 0.3) is 60.2 Å². The molecule has 0 unspecified atom stereocenters. The predicted octanol–water partition coefficient (Wildman–Crippen LogP) is 14.9. The summed E-state index contributed by atoms with van der Waals surface area (Å²) in [7, 11) is 0. The maximum Gasteiger partial charge on any atom is 0.0714 e. The molecule has 276 valence electrons. The average Bonchev–Trinajstić information content (AvgIpc) is 3.81. The van der Waals surface area contributed by atoms with Gasteiger partial charge >= 0.3 is 0 Å². The summed E-state index contributed by atoms with van der Waals surface area (Å²) in [6.45, 7) is 0. The first-order chi connectivity index (χ1) is 29.3. The molecule has 2 heteroatoms. The Kier molecular flexibility index (Phi) is 7.48. The van der Waals surface area contributed by atoms with E-state index in [1.54, 1.807) is 0 Å². The number of para-hydroxylation sites is 2. The number of aromatic nitrogens is 1. The summed E-state index contributed by atoms with van der Waals surface area (Å²) >= 11 is 0. The molecular weight excluding hydrogens is 713 g/mol. The summed E-state index contributed by atoms with van der Waals surface area (Å²) < 4.78 is 2.41. The van der Waals surface area contributed by atoms with E-state index in [9.17, 15) is 0 Å². The first-order valence-corrected chi connectivity index (χ1v) is 20.4. The third-order valence-corrected chi connectivity index (χ3v) is 12.6. The Bertz CT molecular complexity index is 3310. The minimum atomic E-state index is -0.521. The molecule has 0 fully saturated rings. The lowest BCUT2D eigenvalue weighted by molar-refractivity contribution is 0.768. The highest BCUT2D eigenvalue weighted by molar-refractivity contribution is 6.15. The minimum absolute atomic E-state index is 0.521. The van der Waals surface area contributed by atoms with Gasteiger partial charge in [-0.3, -0.25) is 0 Å². The number of anilines is 3. The lowest BCUT2D eigenvalue weighted by Crippen LogP contribution is -2.28. The molecule has 1 aliphatic rings. The zero-order chi connectivity index (χ0) is 38.9. The van der Waals surface area contributed by atoms with Gasteiger partial charge in [-0.1, -0.05) is 182 Å². The summed E-state index contributed by atoms with van der Waals surface area (Å²) in [5.41, 5.74) is 14.0. The van der Waals surface area contributed by atoms with Crippen molar-refractivity contribution in [2.75, 3.05) is 4.90 Å². The van der Waals surface area contributed by atoms with Crippen LogP contribution in [0.15, 0.2) is 231 Å². The van der Waals surface area contributed by atoms with Crippen LogP contribution < -0.4 is 4.90 Å². The Morgan fingerprint density at radius 1 is 0.339 bits per heavy atom. The van der Waals surface area contributed by atoms with Crippen molar-refractivity contribution in [2.45, 2.75) is 5.41 Å². The molecule has 0 saturated carbocycles. The maximum atomic E-state index is 2.49. The summed E-state index contributed by atoms with van der Waals surface area (Å²) in [6, 6.07) is 85.0. The van der Waals surface area contributed by atoms with Crippen LogP contribution in [0.5, 0.6) is 0 Å². The summed E-state index contributed by atoms with van der Waals surface area (Å²) in [5.74, 6) is 0. The van der Waals surface area contributed by atoms with Gasteiger partial charge < -0.3 is 9.47 Å². The second-order valence-corrected chi connectivity index (χ2v) is 15.6. The first kappa shape index (κ1) is 33.5. The fourth-order valence-electron chi connectivity index (χ4n) is 10.2. The Labute approximate surface area is 343 Å². The minimum Gasteiger partial charge on any atom is -0.310 e. The van der Waals surface area contributed by atoms with Gasteiger partial charge in [0.2, 0.25) is 0 Å². The van der Waals surface area contributed by atoms with E-state index in [1.165, 1.54) is 76.7 Å². The van der Waals surface area contributed by atoms with E-state index in [1.807, 2.05) is 0 Å². The fraction of sp³-hybridized carbons (Fsp3) is 0.0175. The maximum absolute atomic E-state index is 2.49. The quantitative estimate of drug-likeness (QED) is 0.154. The largest absolute Gasteiger partial charge is 0.310 e. The van der Waals surface area contributed by atoms with Crippen LogP contribution >= 0.6 is 0 Å². The van der Waals surface area contributed by atoms with Crippen molar-refractivity contribution in [3.63, 3.8) is 0 Å². The van der Waals surface area contributed by atoms with Crippen molar-refractivity contribution >= 4 is 60.4 Å². The van der Waals surface area contributed by atoms with Crippen LogP contribution in [0.1, 0.15) is 22.3 Å². The van der Waals surface area contributed by atoms with Crippen molar-refractivity contribution < 1.29 is 0 Å². The molecule has 0 amide bonds. The topological polar surface area (TPSA) is 8.17 Å². The van der Waals surface area contributed by atoms with E-state index in [-0.39, 0.29) is 0 Å². The van der Waals surface area contributed by atoms with Gasteiger partial charge in [-0.05, 0) is 98.1 Å². The molecule has 12 rings (SSSR count). The van der Waals surface area contributed by atoms with Gasteiger partial charge in [0, 0.05) is 33.2 Å². The molecule has 0 aliphatic heterocycles. The molecule has 0 N–H and O–H groups in total. The molecule has 59 heavy (non-hydrogen) atoms. The fourth-order valence-corrected chi connectivity index (χ4v) is 10.2. The van der Waals surface area contributed by atoms with Crippen LogP contribution in [0, 0.1) is 0 Å². The molecule has 1 aliphatic carbocycles. The molecule has 0 atom stereocenters. The van der Waals surface area contributed by atoms with Crippen LogP contribution in [0.2, 0.25) is 0 Å². The second kappa shape index (κ2) is 13.2. The van der Waals surface area contributed by atoms with Crippen LogP contribution in [0.4, 0.5) is 17.1 Å². The van der Waals surface area contributed by atoms with Gasteiger partial charge in [0.15, 0.2) is 0 Å². The normalized spacial score (nSPS) is 12.9. The van der Waals surface area contributed by atoms with Crippen molar-refractivity contribution in [3.05, 3.63) is 253 Å². The van der Waals surface area contributed by atoms with Crippen LogP contribution in [-0.2, 0) is 5.41 Å². The van der Waals surface area contributed by atoms with Crippen molar-refractivity contribution in [1.82, 2.24) is 4.57 Å². The van der Waals surface area contributed by atoms with E-state index in [0.717, 1.165) is 22.7 Å². The van der Waals surface area contributed by atoms with Gasteiger partial charge in [-0.25, -0.2) is 0 Å². The van der Waals surface area contributed by atoms with Gasteiger partial charge in [0.05, 0.1) is 22.1 Å². The van der Waals surface area contributed by atoms with Crippen molar-refractivity contribution in [3.8, 4) is 16.8 Å². The molecule has 2 nitrogen and oxygen atoms in total. The molecule has 0 radical (unpaired) electrons. The third kappa shape index (κ3) is 4.93. The summed E-state index contributed by atoms with van der Waals surface area (Å²) in [5, 5.41) is 7.40. The number of hydrogen-bond acceptors (Lipinski definition) is 1. The highest BCUT2D eigenvalue weighted by Crippen LogP contribution is 2.57.